The number of hydrogen-bond acceptors (Lipinski definition) is 3. The lowest BCUT2D eigenvalue weighted by Gasteiger charge is -2.01. The summed E-state index contributed by atoms with van der Waals surface area (Å²) in [5, 5.41) is 20.5. The maximum Gasteiger partial charge on any atom is 0.101 e. The van der Waals surface area contributed by atoms with Gasteiger partial charge in [-0.05, 0) is 37.7 Å². The molecule has 1 aromatic carbocycles. The average molecular weight is 185 g/mol. The molecule has 0 unspecified atom stereocenters. The summed E-state index contributed by atoms with van der Waals surface area (Å²) in [5.74, 6) is 0. The third-order valence-electron chi connectivity index (χ3n) is 1.99. The van der Waals surface area contributed by atoms with Gasteiger partial charge >= 0.3 is 0 Å². The fourth-order valence-corrected chi connectivity index (χ4v) is 1.21. The molecule has 0 saturated heterocycles. The van der Waals surface area contributed by atoms with Crippen molar-refractivity contribution >= 4 is 0 Å². The van der Waals surface area contributed by atoms with E-state index in [1.807, 2.05) is 25.3 Å². The standard InChI is InChI=1S/C11H11N3/c1-14-5-4-9-2-3-10(7-12)11(6-9)8-13/h2-3,6,14H,4-5H2,1H3. The van der Waals surface area contributed by atoms with Gasteiger partial charge in [0.1, 0.15) is 12.1 Å². The second kappa shape index (κ2) is 5.01. The van der Waals surface area contributed by atoms with Gasteiger partial charge in [0.15, 0.2) is 0 Å². The summed E-state index contributed by atoms with van der Waals surface area (Å²) < 4.78 is 0. The monoisotopic (exact) mass is 185 g/mol. The number of nitrogens with one attached hydrogen (secondary N) is 1. The van der Waals surface area contributed by atoms with E-state index >= 15 is 0 Å². The molecule has 0 fully saturated rings. The Kier molecular flexibility index (Phi) is 3.67. The molecule has 1 N–H and O–H groups in total. The van der Waals surface area contributed by atoms with Crippen LogP contribution in [0, 0.1) is 22.7 Å². The molecule has 0 saturated carbocycles. The van der Waals surface area contributed by atoms with Gasteiger partial charge in [0.25, 0.3) is 0 Å². The quantitative estimate of drug-likeness (QED) is 0.769. The second-order valence-corrected chi connectivity index (χ2v) is 2.96. The average Bonchev–Trinajstić information content (AvgIpc) is 2.25. The van der Waals surface area contributed by atoms with Gasteiger partial charge in [0.2, 0.25) is 0 Å². The molecule has 3 nitrogen and oxygen atoms in total. The zero-order chi connectivity index (χ0) is 10.4. The largest absolute Gasteiger partial charge is 0.319 e. The van der Waals surface area contributed by atoms with Crippen molar-refractivity contribution in [3.8, 4) is 12.1 Å². The van der Waals surface area contributed by atoms with Crippen LogP contribution in [0.3, 0.4) is 0 Å². The van der Waals surface area contributed by atoms with Crippen molar-refractivity contribution in [2.24, 2.45) is 0 Å². The maximum atomic E-state index is 8.78. The molecule has 0 bridgehead atoms. The van der Waals surface area contributed by atoms with E-state index in [2.05, 4.69) is 5.32 Å². The molecule has 14 heavy (non-hydrogen) atoms. The van der Waals surface area contributed by atoms with Crippen molar-refractivity contribution in [2.75, 3.05) is 13.6 Å². The van der Waals surface area contributed by atoms with Crippen LogP contribution in [-0.2, 0) is 6.42 Å². The molecule has 0 radical (unpaired) electrons. The zero-order valence-electron chi connectivity index (χ0n) is 8.04. The Hall–Kier alpha value is -1.84. The second-order valence-electron chi connectivity index (χ2n) is 2.96. The van der Waals surface area contributed by atoms with Crippen LogP contribution in [-0.4, -0.2) is 13.6 Å². The van der Waals surface area contributed by atoms with E-state index in [9.17, 15) is 0 Å². The SMILES string of the molecule is CNCCc1ccc(C#N)c(C#N)c1. The Morgan fingerprint density at radius 3 is 2.50 bits per heavy atom. The van der Waals surface area contributed by atoms with Crippen molar-refractivity contribution in [3.63, 3.8) is 0 Å². The van der Waals surface area contributed by atoms with Crippen LogP contribution >= 0.6 is 0 Å². The van der Waals surface area contributed by atoms with Crippen molar-refractivity contribution < 1.29 is 0 Å². The third kappa shape index (κ3) is 2.32. The zero-order valence-corrected chi connectivity index (χ0v) is 8.04. The van der Waals surface area contributed by atoms with Crippen molar-refractivity contribution in [1.82, 2.24) is 5.32 Å². The van der Waals surface area contributed by atoms with E-state index in [-0.39, 0.29) is 0 Å². The molecule has 0 atom stereocenters. The van der Waals surface area contributed by atoms with Gasteiger partial charge in [-0.3, -0.25) is 0 Å². The van der Waals surface area contributed by atoms with E-state index < -0.39 is 0 Å². The molecule has 1 aromatic rings. The molecule has 0 aliphatic rings. The minimum atomic E-state index is 0.445. The van der Waals surface area contributed by atoms with E-state index in [0.717, 1.165) is 18.5 Å². The van der Waals surface area contributed by atoms with Crippen LogP contribution in [0.15, 0.2) is 18.2 Å². The van der Waals surface area contributed by atoms with Gasteiger partial charge in [-0.1, -0.05) is 6.07 Å². The molecular formula is C11H11N3. The Balaban J connectivity index is 2.93. The first-order valence-corrected chi connectivity index (χ1v) is 4.39. The summed E-state index contributed by atoms with van der Waals surface area (Å²) in [6.07, 6.45) is 0.872. The number of nitriles is 2. The highest BCUT2D eigenvalue weighted by Crippen LogP contribution is 2.10. The molecule has 0 aromatic heterocycles. The van der Waals surface area contributed by atoms with Crippen LogP contribution in [0.4, 0.5) is 0 Å². The van der Waals surface area contributed by atoms with Gasteiger partial charge in [-0.15, -0.1) is 0 Å². The fourth-order valence-electron chi connectivity index (χ4n) is 1.21. The van der Waals surface area contributed by atoms with Crippen LogP contribution in [0.1, 0.15) is 16.7 Å². The Morgan fingerprint density at radius 2 is 1.93 bits per heavy atom. The molecule has 3 heteroatoms. The molecule has 70 valence electrons. The first-order valence-electron chi connectivity index (χ1n) is 4.39. The van der Waals surface area contributed by atoms with E-state index in [4.69, 9.17) is 10.5 Å². The van der Waals surface area contributed by atoms with Crippen LogP contribution < -0.4 is 5.32 Å². The molecule has 0 heterocycles. The number of nitrogens with zero attached hydrogens (tertiary/aromatic N) is 2. The summed E-state index contributed by atoms with van der Waals surface area (Å²) in [5.41, 5.74) is 1.98. The minimum Gasteiger partial charge on any atom is -0.319 e. The van der Waals surface area contributed by atoms with Gasteiger partial charge < -0.3 is 5.32 Å². The highest BCUT2D eigenvalue weighted by atomic mass is 14.8. The van der Waals surface area contributed by atoms with Gasteiger partial charge in [0, 0.05) is 0 Å². The topological polar surface area (TPSA) is 59.6 Å². The first kappa shape index (κ1) is 10.2. The Morgan fingerprint density at radius 1 is 1.21 bits per heavy atom. The molecule has 0 aliphatic carbocycles. The summed E-state index contributed by atoms with van der Waals surface area (Å²) >= 11 is 0. The van der Waals surface area contributed by atoms with Crippen molar-refractivity contribution in [1.29, 1.82) is 10.5 Å². The van der Waals surface area contributed by atoms with Gasteiger partial charge in [-0.25, -0.2) is 0 Å². The first-order chi connectivity index (χ1) is 6.81. The smallest absolute Gasteiger partial charge is 0.101 e. The van der Waals surface area contributed by atoms with Crippen LogP contribution in [0.2, 0.25) is 0 Å². The highest BCUT2D eigenvalue weighted by molar-refractivity contribution is 5.47. The predicted octanol–water partition coefficient (Wildman–Crippen LogP) is 1.19. The number of rotatable bonds is 3. The Labute approximate surface area is 83.6 Å². The van der Waals surface area contributed by atoms with Gasteiger partial charge in [0.05, 0.1) is 11.1 Å². The molecular weight excluding hydrogens is 174 g/mol. The summed E-state index contributed by atoms with van der Waals surface area (Å²) in [4.78, 5) is 0. The summed E-state index contributed by atoms with van der Waals surface area (Å²) in [7, 11) is 1.88. The number of likely N-dealkylation sites (N-methyl/N-ethyl adjacent to an activating group) is 1. The van der Waals surface area contributed by atoms with Crippen LogP contribution in [0.25, 0.3) is 0 Å². The third-order valence-corrected chi connectivity index (χ3v) is 1.99. The van der Waals surface area contributed by atoms with E-state index in [0.29, 0.717) is 11.1 Å². The lowest BCUT2D eigenvalue weighted by molar-refractivity contribution is 0.791. The van der Waals surface area contributed by atoms with Gasteiger partial charge in [-0.2, -0.15) is 10.5 Å². The van der Waals surface area contributed by atoms with E-state index in [1.165, 1.54) is 0 Å². The highest BCUT2D eigenvalue weighted by Gasteiger charge is 2.01. The summed E-state index contributed by atoms with van der Waals surface area (Å²) in [6.45, 7) is 0.872. The Bertz CT molecular complexity index is 396. The van der Waals surface area contributed by atoms with Crippen molar-refractivity contribution in [3.05, 3.63) is 34.9 Å². The van der Waals surface area contributed by atoms with Crippen LogP contribution in [0.5, 0.6) is 0 Å². The lowest BCUT2D eigenvalue weighted by atomic mass is 10.0. The summed E-state index contributed by atoms with van der Waals surface area (Å²) in [6, 6.07) is 9.37. The number of hydrogen-bond donors (Lipinski definition) is 1. The maximum absolute atomic E-state index is 8.78. The minimum absolute atomic E-state index is 0.445. The lowest BCUT2D eigenvalue weighted by Crippen LogP contribution is -2.10. The van der Waals surface area contributed by atoms with E-state index in [1.54, 1.807) is 12.1 Å². The fraction of sp³-hybridized carbons (Fsp3) is 0.273. The number of benzene rings is 1. The molecule has 0 amide bonds. The normalized spacial score (nSPS) is 9.07. The predicted molar refractivity (Wildman–Crippen MR) is 53.5 cm³/mol. The molecule has 1 rings (SSSR count). The molecule has 0 aliphatic heterocycles. The van der Waals surface area contributed by atoms with Crippen molar-refractivity contribution in [2.45, 2.75) is 6.42 Å². The molecule has 0 spiro atoms.